The van der Waals surface area contributed by atoms with Gasteiger partial charge in [0.05, 0.1) is 6.10 Å². The highest BCUT2D eigenvalue weighted by atomic mass is 19.1. The minimum Gasteiger partial charge on any atom is -0.390 e. The van der Waals surface area contributed by atoms with Crippen molar-refractivity contribution in [3.8, 4) is 0 Å². The first-order valence-corrected chi connectivity index (χ1v) is 3.22. The fraction of sp³-hybridized carbons (Fsp3) is 1.00. The van der Waals surface area contributed by atoms with Gasteiger partial charge < -0.3 is 10.2 Å². The van der Waals surface area contributed by atoms with E-state index in [0.717, 1.165) is 0 Å². The molecule has 0 unspecified atom stereocenters. The van der Waals surface area contributed by atoms with E-state index in [1.807, 2.05) is 0 Å². The monoisotopic (exact) mass is 134 g/mol. The third kappa shape index (κ3) is 1.40. The van der Waals surface area contributed by atoms with Gasteiger partial charge in [-0.05, 0) is 19.3 Å². The van der Waals surface area contributed by atoms with Crippen LogP contribution in [0.5, 0.6) is 0 Å². The predicted molar refractivity (Wildman–Crippen MR) is 30.8 cm³/mol. The summed E-state index contributed by atoms with van der Waals surface area (Å²) in [5.41, 5.74) is 0. The second kappa shape index (κ2) is 2.62. The maximum absolute atomic E-state index is 12.4. The second-order valence-electron chi connectivity index (χ2n) is 2.50. The lowest BCUT2D eigenvalue weighted by Gasteiger charge is -2.25. The molecule has 3 atom stereocenters. The Hall–Kier alpha value is -0.150. The standard InChI is InChI=1S/C6H11FO2/c7-4-2-1-3-5(8)6(4)9/h4-6,8-9H,1-3H2/t4-,5+,6-/m1/s1. The molecule has 1 aliphatic carbocycles. The van der Waals surface area contributed by atoms with Gasteiger partial charge >= 0.3 is 0 Å². The molecule has 1 saturated carbocycles. The van der Waals surface area contributed by atoms with E-state index in [1.54, 1.807) is 0 Å². The van der Waals surface area contributed by atoms with Crippen molar-refractivity contribution in [2.24, 2.45) is 0 Å². The summed E-state index contributed by atoms with van der Waals surface area (Å²) in [6.07, 6.45) is -1.60. The lowest BCUT2D eigenvalue weighted by molar-refractivity contribution is -0.0549. The van der Waals surface area contributed by atoms with Crippen molar-refractivity contribution in [2.45, 2.75) is 37.6 Å². The number of hydrogen-bond acceptors (Lipinski definition) is 2. The number of aliphatic hydroxyl groups excluding tert-OH is 2. The molecule has 2 nitrogen and oxygen atoms in total. The number of hydrogen-bond donors (Lipinski definition) is 2. The molecule has 0 radical (unpaired) electrons. The number of rotatable bonds is 0. The summed E-state index contributed by atoms with van der Waals surface area (Å²) in [6, 6.07) is 0. The van der Waals surface area contributed by atoms with E-state index >= 15 is 0 Å². The Morgan fingerprint density at radius 1 is 1.22 bits per heavy atom. The van der Waals surface area contributed by atoms with E-state index in [2.05, 4.69) is 0 Å². The molecule has 0 aromatic rings. The van der Waals surface area contributed by atoms with E-state index in [0.29, 0.717) is 19.3 Å². The molecule has 0 aromatic heterocycles. The summed E-state index contributed by atoms with van der Waals surface area (Å²) < 4.78 is 12.4. The van der Waals surface area contributed by atoms with E-state index in [9.17, 15) is 4.39 Å². The zero-order valence-corrected chi connectivity index (χ0v) is 5.13. The molecule has 0 amide bonds. The molecule has 1 aliphatic rings. The maximum atomic E-state index is 12.4. The SMILES string of the molecule is O[C@@H]1[C@H](F)CCC[C@@H]1O. The largest absolute Gasteiger partial charge is 0.390 e. The van der Waals surface area contributed by atoms with Gasteiger partial charge in [0, 0.05) is 0 Å². The average Bonchev–Trinajstić information content (AvgIpc) is 1.83. The molecular formula is C6H11FO2. The second-order valence-corrected chi connectivity index (χ2v) is 2.50. The van der Waals surface area contributed by atoms with Gasteiger partial charge in [-0.15, -0.1) is 0 Å². The fourth-order valence-electron chi connectivity index (χ4n) is 1.10. The molecule has 54 valence electrons. The molecule has 0 aliphatic heterocycles. The molecule has 0 saturated heterocycles. The van der Waals surface area contributed by atoms with E-state index < -0.39 is 18.4 Å². The van der Waals surface area contributed by atoms with Crippen LogP contribution in [0.25, 0.3) is 0 Å². The summed E-state index contributed by atoms with van der Waals surface area (Å²) in [4.78, 5) is 0. The Morgan fingerprint density at radius 3 is 2.33 bits per heavy atom. The highest BCUT2D eigenvalue weighted by Crippen LogP contribution is 2.21. The van der Waals surface area contributed by atoms with Gasteiger partial charge in [0.1, 0.15) is 12.3 Å². The first-order chi connectivity index (χ1) is 4.22. The molecular weight excluding hydrogens is 123 g/mol. The van der Waals surface area contributed by atoms with Gasteiger partial charge in [-0.2, -0.15) is 0 Å². The Kier molecular flexibility index (Phi) is 2.03. The van der Waals surface area contributed by atoms with Crippen molar-refractivity contribution in [1.29, 1.82) is 0 Å². The van der Waals surface area contributed by atoms with Gasteiger partial charge in [-0.25, -0.2) is 4.39 Å². The lowest BCUT2D eigenvalue weighted by atomic mass is 9.93. The highest BCUT2D eigenvalue weighted by Gasteiger charge is 2.29. The third-order valence-electron chi connectivity index (χ3n) is 1.74. The Bertz CT molecular complexity index is 87.1. The minimum absolute atomic E-state index is 0.387. The smallest absolute Gasteiger partial charge is 0.128 e. The van der Waals surface area contributed by atoms with Crippen molar-refractivity contribution in [3.05, 3.63) is 0 Å². The van der Waals surface area contributed by atoms with Gasteiger partial charge in [-0.3, -0.25) is 0 Å². The van der Waals surface area contributed by atoms with E-state index in [4.69, 9.17) is 10.2 Å². The molecule has 0 heterocycles. The summed E-state index contributed by atoms with van der Waals surface area (Å²) in [5, 5.41) is 17.7. The highest BCUT2D eigenvalue weighted by molar-refractivity contribution is 4.80. The van der Waals surface area contributed by atoms with E-state index in [-0.39, 0.29) is 0 Å². The summed E-state index contributed by atoms with van der Waals surface area (Å²) >= 11 is 0. The van der Waals surface area contributed by atoms with Crippen LogP contribution < -0.4 is 0 Å². The quantitative estimate of drug-likeness (QED) is 0.498. The van der Waals surface area contributed by atoms with Crippen molar-refractivity contribution in [2.75, 3.05) is 0 Å². The van der Waals surface area contributed by atoms with E-state index in [1.165, 1.54) is 0 Å². The third-order valence-corrected chi connectivity index (χ3v) is 1.74. The van der Waals surface area contributed by atoms with Crippen LogP contribution in [-0.4, -0.2) is 28.6 Å². The Labute approximate surface area is 53.3 Å². The molecule has 0 aromatic carbocycles. The first kappa shape index (κ1) is 6.96. The summed E-state index contributed by atoms with van der Waals surface area (Å²) in [7, 11) is 0. The van der Waals surface area contributed by atoms with Crippen molar-refractivity contribution in [1.82, 2.24) is 0 Å². The van der Waals surface area contributed by atoms with Crippen molar-refractivity contribution >= 4 is 0 Å². The van der Waals surface area contributed by atoms with Crippen LogP contribution in [0.1, 0.15) is 19.3 Å². The first-order valence-electron chi connectivity index (χ1n) is 3.22. The maximum Gasteiger partial charge on any atom is 0.128 e. The number of halogens is 1. The normalized spacial score (nSPS) is 45.0. The molecule has 0 bridgehead atoms. The zero-order chi connectivity index (χ0) is 6.85. The zero-order valence-electron chi connectivity index (χ0n) is 5.13. The van der Waals surface area contributed by atoms with Crippen LogP contribution >= 0.6 is 0 Å². The molecule has 0 spiro atoms. The Balaban J connectivity index is 2.41. The summed E-state index contributed by atoms with van der Waals surface area (Å²) in [5.74, 6) is 0. The molecule has 2 N–H and O–H groups in total. The van der Waals surface area contributed by atoms with Crippen LogP contribution in [0.2, 0.25) is 0 Å². The van der Waals surface area contributed by atoms with Gasteiger partial charge in [-0.1, -0.05) is 0 Å². The van der Waals surface area contributed by atoms with Crippen molar-refractivity contribution < 1.29 is 14.6 Å². The average molecular weight is 134 g/mol. The molecule has 9 heavy (non-hydrogen) atoms. The number of aliphatic hydroxyl groups is 2. The molecule has 3 heteroatoms. The van der Waals surface area contributed by atoms with Crippen LogP contribution in [-0.2, 0) is 0 Å². The predicted octanol–water partition coefficient (Wildman–Crippen LogP) is 0.230. The topological polar surface area (TPSA) is 40.5 Å². The lowest BCUT2D eigenvalue weighted by Crippen LogP contribution is -2.38. The number of alkyl halides is 1. The van der Waals surface area contributed by atoms with Gasteiger partial charge in [0.15, 0.2) is 0 Å². The van der Waals surface area contributed by atoms with Gasteiger partial charge in [0.25, 0.3) is 0 Å². The molecule has 1 fully saturated rings. The minimum atomic E-state index is -1.21. The van der Waals surface area contributed by atoms with Crippen LogP contribution in [0.15, 0.2) is 0 Å². The Morgan fingerprint density at radius 2 is 1.89 bits per heavy atom. The van der Waals surface area contributed by atoms with Crippen LogP contribution in [0, 0.1) is 0 Å². The molecule has 1 rings (SSSR count). The summed E-state index contributed by atoms with van der Waals surface area (Å²) in [6.45, 7) is 0. The van der Waals surface area contributed by atoms with Gasteiger partial charge in [0.2, 0.25) is 0 Å². The fourth-order valence-corrected chi connectivity index (χ4v) is 1.10. The van der Waals surface area contributed by atoms with Crippen molar-refractivity contribution in [3.63, 3.8) is 0 Å². The van der Waals surface area contributed by atoms with Crippen LogP contribution in [0.3, 0.4) is 0 Å². The van der Waals surface area contributed by atoms with Crippen LogP contribution in [0.4, 0.5) is 4.39 Å².